The Morgan fingerprint density at radius 3 is 1.44 bits per heavy atom. The minimum atomic E-state index is -0.0374. The second kappa shape index (κ2) is 12.9. The maximum Gasteiger partial charge on any atom is 0.137 e. The summed E-state index contributed by atoms with van der Waals surface area (Å²) >= 11 is 0. The van der Waals surface area contributed by atoms with E-state index < -0.39 is 0 Å². The molecule has 0 aliphatic rings. The fraction of sp³-hybridized carbons (Fsp3) is 0.170. The zero-order valence-corrected chi connectivity index (χ0v) is 30.7. The first kappa shape index (κ1) is 33.1. The van der Waals surface area contributed by atoms with E-state index in [2.05, 4.69) is 172 Å². The van der Waals surface area contributed by atoms with Gasteiger partial charge in [-0.05, 0) is 82.6 Å². The van der Waals surface area contributed by atoms with Gasteiger partial charge in [-0.25, -0.2) is 15.0 Å². The molecular formula is C47H43N5. The summed E-state index contributed by atoms with van der Waals surface area (Å²) < 4.78 is 2.05. The summed E-state index contributed by atoms with van der Waals surface area (Å²) in [5, 5.41) is 0. The lowest BCUT2D eigenvalue weighted by Gasteiger charge is -2.30. The van der Waals surface area contributed by atoms with Gasteiger partial charge in [-0.1, -0.05) is 120 Å². The Morgan fingerprint density at radius 2 is 0.923 bits per heavy atom. The summed E-state index contributed by atoms with van der Waals surface area (Å²) in [6.07, 6.45) is 4.10. The van der Waals surface area contributed by atoms with E-state index in [1.165, 1.54) is 11.1 Å². The zero-order valence-electron chi connectivity index (χ0n) is 30.7. The molecule has 0 spiro atoms. The summed E-state index contributed by atoms with van der Waals surface area (Å²) in [6, 6.07) is 48.8. The van der Waals surface area contributed by atoms with Gasteiger partial charge in [-0.15, -0.1) is 0 Å². The highest BCUT2D eigenvalue weighted by atomic mass is 15.1. The Morgan fingerprint density at radius 1 is 0.462 bits per heavy atom. The molecule has 0 saturated heterocycles. The van der Waals surface area contributed by atoms with Crippen LogP contribution in [0, 0.1) is 0 Å². The molecule has 5 nitrogen and oxygen atoms in total. The fourth-order valence-electron chi connectivity index (χ4n) is 6.99. The lowest BCUT2D eigenvalue weighted by molar-refractivity contribution is 0.531. The molecule has 3 aromatic heterocycles. The highest BCUT2D eigenvalue weighted by Gasteiger charge is 2.27. The topological polar surface area (TPSA) is 46.3 Å². The maximum absolute atomic E-state index is 5.38. The van der Waals surface area contributed by atoms with Crippen molar-refractivity contribution >= 4 is 33.7 Å². The van der Waals surface area contributed by atoms with Crippen LogP contribution in [0.25, 0.3) is 50.5 Å². The first-order valence-corrected chi connectivity index (χ1v) is 17.9. The quantitative estimate of drug-likeness (QED) is 0.176. The van der Waals surface area contributed by atoms with Crippen LogP contribution in [-0.4, -0.2) is 19.4 Å². The van der Waals surface area contributed by atoms with Gasteiger partial charge in [-0.2, -0.15) is 0 Å². The van der Waals surface area contributed by atoms with Gasteiger partial charge >= 0.3 is 0 Å². The van der Waals surface area contributed by atoms with E-state index >= 15 is 0 Å². The number of anilines is 3. The van der Waals surface area contributed by atoms with Crippen molar-refractivity contribution in [3.63, 3.8) is 0 Å². The van der Waals surface area contributed by atoms with Gasteiger partial charge in [0.15, 0.2) is 0 Å². The number of nitrogens with zero attached hydrogens (tertiary/aromatic N) is 5. The van der Waals surface area contributed by atoms with Crippen molar-refractivity contribution in [1.29, 1.82) is 0 Å². The first-order valence-electron chi connectivity index (χ1n) is 17.9. The predicted molar refractivity (Wildman–Crippen MR) is 217 cm³/mol. The van der Waals surface area contributed by atoms with Crippen LogP contribution in [0.2, 0.25) is 0 Å². The molecule has 0 saturated carbocycles. The third kappa shape index (κ3) is 6.35. The van der Waals surface area contributed by atoms with Gasteiger partial charge in [0.1, 0.15) is 5.65 Å². The van der Waals surface area contributed by atoms with E-state index in [-0.39, 0.29) is 10.8 Å². The molecule has 0 radical (unpaired) electrons. The molecule has 0 aliphatic carbocycles. The summed E-state index contributed by atoms with van der Waals surface area (Å²) in [5.41, 5.74) is 14.3. The van der Waals surface area contributed by atoms with E-state index in [1.54, 1.807) is 0 Å². The van der Waals surface area contributed by atoms with Crippen LogP contribution in [0.5, 0.6) is 0 Å². The second-order valence-corrected chi connectivity index (χ2v) is 15.5. The number of benzene rings is 5. The Hall–Kier alpha value is -6.07. The van der Waals surface area contributed by atoms with Crippen molar-refractivity contribution in [2.75, 3.05) is 4.90 Å². The number of imidazole rings is 1. The molecule has 0 aliphatic heterocycles. The average Bonchev–Trinajstić information content (AvgIpc) is 3.59. The van der Waals surface area contributed by atoms with Crippen LogP contribution in [0.3, 0.4) is 0 Å². The SMILES string of the molecule is CC(C)(C)c1cc2nc(-c3ccccc3)c(-c3ccc(N(c4ccccc4)c4ccc(-c5cn6ccccc6n5)cc4)cc3)nc2cc1C(C)(C)C. The molecular weight excluding hydrogens is 635 g/mol. The largest absolute Gasteiger partial charge is 0.311 e. The van der Waals surface area contributed by atoms with Gasteiger partial charge in [0.05, 0.1) is 28.1 Å². The van der Waals surface area contributed by atoms with Crippen molar-refractivity contribution in [1.82, 2.24) is 19.4 Å². The monoisotopic (exact) mass is 677 g/mol. The molecule has 8 rings (SSSR count). The summed E-state index contributed by atoms with van der Waals surface area (Å²) in [4.78, 5) is 17.8. The normalized spacial score (nSPS) is 12.0. The number of rotatable bonds is 6. The van der Waals surface area contributed by atoms with Gasteiger partial charge < -0.3 is 9.30 Å². The third-order valence-corrected chi connectivity index (χ3v) is 9.67. The number of para-hydroxylation sites is 1. The molecule has 0 amide bonds. The van der Waals surface area contributed by atoms with Gasteiger partial charge in [0.2, 0.25) is 0 Å². The average molecular weight is 678 g/mol. The van der Waals surface area contributed by atoms with E-state index in [1.807, 2.05) is 30.5 Å². The number of hydrogen-bond acceptors (Lipinski definition) is 4. The van der Waals surface area contributed by atoms with Crippen LogP contribution in [0.15, 0.2) is 152 Å². The fourth-order valence-corrected chi connectivity index (χ4v) is 6.99. The summed E-state index contributed by atoms with van der Waals surface area (Å²) in [5.74, 6) is 0. The Labute approximate surface area is 306 Å². The summed E-state index contributed by atoms with van der Waals surface area (Å²) in [7, 11) is 0. The number of fused-ring (bicyclic) bond motifs is 2. The number of pyridine rings is 1. The Balaban J connectivity index is 1.22. The zero-order chi connectivity index (χ0) is 36.0. The van der Waals surface area contributed by atoms with E-state index in [0.717, 1.165) is 67.5 Å². The molecule has 0 fully saturated rings. The minimum Gasteiger partial charge on any atom is -0.311 e. The van der Waals surface area contributed by atoms with Gasteiger partial charge in [0, 0.05) is 46.1 Å². The van der Waals surface area contributed by atoms with Crippen LogP contribution < -0.4 is 4.90 Å². The highest BCUT2D eigenvalue weighted by molar-refractivity contribution is 5.88. The number of hydrogen-bond donors (Lipinski definition) is 0. The molecule has 3 heterocycles. The highest BCUT2D eigenvalue weighted by Crippen LogP contribution is 2.40. The lowest BCUT2D eigenvalue weighted by Crippen LogP contribution is -2.22. The molecule has 256 valence electrons. The second-order valence-electron chi connectivity index (χ2n) is 15.5. The van der Waals surface area contributed by atoms with Gasteiger partial charge in [0.25, 0.3) is 0 Å². The van der Waals surface area contributed by atoms with Crippen LogP contribution >= 0.6 is 0 Å². The van der Waals surface area contributed by atoms with Crippen molar-refractivity contribution in [2.24, 2.45) is 0 Å². The van der Waals surface area contributed by atoms with Crippen molar-refractivity contribution < 1.29 is 0 Å². The number of aromatic nitrogens is 4. The van der Waals surface area contributed by atoms with Gasteiger partial charge in [-0.3, -0.25) is 0 Å². The molecule has 5 aromatic carbocycles. The molecule has 52 heavy (non-hydrogen) atoms. The predicted octanol–water partition coefficient (Wildman–Crippen LogP) is 12.3. The smallest absolute Gasteiger partial charge is 0.137 e. The summed E-state index contributed by atoms with van der Waals surface area (Å²) in [6.45, 7) is 13.7. The molecule has 5 heteroatoms. The molecule has 0 unspecified atom stereocenters. The van der Waals surface area contributed by atoms with Crippen LogP contribution in [0.4, 0.5) is 17.1 Å². The molecule has 0 bridgehead atoms. The molecule has 0 N–H and O–H groups in total. The Kier molecular flexibility index (Phi) is 8.22. The molecule has 8 aromatic rings. The van der Waals surface area contributed by atoms with Crippen molar-refractivity contribution in [3.05, 3.63) is 163 Å². The van der Waals surface area contributed by atoms with E-state index in [9.17, 15) is 0 Å². The molecule has 0 atom stereocenters. The standard InChI is InChI=1S/C47H43N5/c1-46(2,3)38-29-40-41(30-39(38)47(4,5)6)50-45(44(49-40)33-15-9-7-10-16-33)34-22-26-37(27-23-34)52(35-17-11-8-12-18-35)36-24-20-32(21-25-36)42-31-51-28-14-13-19-43(51)48-42/h7-31H,1-6H3. The van der Waals surface area contributed by atoms with Crippen molar-refractivity contribution in [3.8, 4) is 33.8 Å². The van der Waals surface area contributed by atoms with E-state index in [0.29, 0.717) is 0 Å². The van der Waals surface area contributed by atoms with Crippen LogP contribution in [0.1, 0.15) is 52.7 Å². The lowest BCUT2D eigenvalue weighted by atomic mass is 9.75. The Bertz CT molecular complexity index is 2470. The minimum absolute atomic E-state index is 0.0289. The van der Waals surface area contributed by atoms with Crippen LogP contribution in [-0.2, 0) is 10.8 Å². The maximum atomic E-state index is 5.38. The third-order valence-electron chi connectivity index (χ3n) is 9.67. The van der Waals surface area contributed by atoms with E-state index in [4.69, 9.17) is 15.0 Å². The van der Waals surface area contributed by atoms with Crippen molar-refractivity contribution in [2.45, 2.75) is 52.4 Å². The first-order chi connectivity index (χ1) is 25.0.